The normalized spacial score (nSPS) is 26.8. The molecule has 0 saturated carbocycles. The van der Waals surface area contributed by atoms with Crippen LogP contribution < -0.4 is 0 Å². The Hall–Kier alpha value is -0.540. The molecule has 0 spiro atoms. The zero-order chi connectivity index (χ0) is 10.1. The largest absolute Gasteiger partial charge is 0.388 e. The van der Waals surface area contributed by atoms with Crippen molar-refractivity contribution in [2.45, 2.75) is 30.5 Å². The quantitative estimate of drug-likeness (QED) is 0.713. The molecular weight excluding hydrogens is 199 g/mol. The van der Waals surface area contributed by atoms with Gasteiger partial charge in [-0.25, -0.2) is 4.39 Å². The van der Waals surface area contributed by atoms with Crippen molar-refractivity contribution in [1.82, 2.24) is 0 Å². The number of aliphatic hydroxyl groups excluding tert-OH is 1. The van der Waals surface area contributed by atoms with Crippen molar-refractivity contribution in [3.05, 3.63) is 35.1 Å². The molecule has 0 fully saturated rings. The van der Waals surface area contributed by atoms with Crippen molar-refractivity contribution in [3.8, 4) is 0 Å². The molecule has 2 rings (SSSR count). The van der Waals surface area contributed by atoms with Gasteiger partial charge < -0.3 is 5.11 Å². The lowest BCUT2D eigenvalue weighted by Gasteiger charge is -2.12. The summed E-state index contributed by atoms with van der Waals surface area (Å²) in [6, 6.07) is 4.95. The average Bonchev–Trinajstić information content (AvgIpc) is 2.28. The Kier molecular flexibility index (Phi) is 2.79. The van der Waals surface area contributed by atoms with E-state index in [0.717, 1.165) is 5.56 Å². The van der Waals surface area contributed by atoms with Crippen LogP contribution in [0.1, 0.15) is 30.6 Å². The predicted molar refractivity (Wildman–Crippen MR) is 56.7 cm³/mol. The van der Waals surface area contributed by atoms with Gasteiger partial charge in [0.2, 0.25) is 0 Å². The zero-order valence-electron chi connectivity index (χ0n) is 8.03. The summed E-state index contributed by atoms with van der Waals surface area (Å²) >= 11 is 1.70. The van der Waals surface area contributed by atoms with Gasteiger partial charge >= 0.3 is 0 Å². The summed E-state index contributed by atoms with van der Waals surface area (Å²) in [6.07, 6.45) is 0.201. The summed E-state index contributed by atoms with van der Waals surface area (Å²) in [6.45, 7) is 2.07. The molecule has 1 aromatic rings. The zero-order valence-corrected chi connectivity index (χ0v) is 8.85. The van der Waals surface area contributed by atoms with Gasteiger partial charge in [0.05, 0.1) is 6.10 Å². The molecule has 0 radical (unpaired) electrons. The minimum atomic E-state index is -0.509. The highest BCUT2D eigenvalue weighted by Gasteiger charge is 2.22. The smallest absolute Gasteiger partial charge is 0.127 e. The number of rotatable bonds is 0. The van der Waals surface area contributed by atoms with Crippen LogP contribution in [0.3, 0.4) is 0 Å². The van der Waals surface area contributed by atoms with E-state index >= 15 is 0 Å². The molecule has 1 N–H and O–H groups in total. The fourth-order valence-electron chi connectivity index (χ4n) is 1.77. The Labute approximate surface area is 87.3 Å². The number of fused-ring (bicyclic) bond motifs is 1. The summed E-state index contributed by atoms with van der Waals surface area (Å²) in [5, 5.41) is 10.2. The topological polar surface area (TPSA) is 20.2 Å². The van der Waals surface area contributed by atoms with Gasteiger partial charge in [0.1, 0.15) is 5.82 Å². The highest BCUT2D eigenvalue weighted by Crippen LogP contribution is 2.35. The van der Waals surface area contributed by atoms with Crippen molar-refractivity contribution >= 4 is 11.8 Å². The van der Waals surface area contributed by atoms with Gasteiger partial charge in [-0.2, -0.15) is 11.8 Å². The number of aliphatic hydroxyl groups is 1. The molecule has 1 nitrogen and oxygen atoms in total. The molecule has 14 heavy (non-hydrogen) atoms. The summed E-state index contributed by atoms with van der Waals surface area (Å²) in [5.74, 6) is 0.475. The lowest BCUT2D eigenvalue weighted by atomic mass is 10.00. The van der Waals surface area contributed by atoms with Crippen molar-refractivity contribution in [3.63, 3.8) is 0 Å². The molecule has 1 aliphatic rings. The van der Waals surface area contributed by atoms with Gasteiger partial charge in [-0.15, -0.1) is 0 Å². The lowest BCUT2D eigenvalue weighted by molar-refractivity contribution is 0.168. The molecule has 76 valence electrons. The third kappa shape index (κ3) is 1.79. The van der Waals surface area contributed by atoms with Gasteiger partial charge in [-0.3, -0.25) is 0 Å². The van der Waals surface area contributed by atoms with E-state index in [9.17, 15) is 9.50 Å². The van der Waals surface area contributed by atoms with Crippen LogP contribution in [0.5, 0.6) is 0 Å². The van der Waals surface area contributed by atoms with E-state index in [1.54, 1.807) is 17.8 Å². The highest BCUT2D eigenvalue weighted by molar-refractivity contribution is 7.99. The molecule has 0 aromatic heterocycles. The number of halogens is 1. The summed E-state index contributed by atoms with van der Waals surface area (Å²) < 4.78 is 13.4. The van der Waals surface area contributed by atoms with Gasteiger partial charge in [0.25, 0.3) is 0 Å². The Morgan fingerprint density at radius 1 is 1.50 bits per heavy atom. The number of benzene rings is 1. The molecule has 1 heterocycles. The lowest BCUT2D eigenvalue weighted by Crippen LogP contribution is -2.04. The molecule has 1 aliphatic heterocycles. The van der Waals surface area contributed by atoms with Gasteiger partial charge in [0, 0.05) is 16.6 Å². The number of thioether (sulfide) groups is 1. The van der Waals surface area contributed by atoms with Crippen LogP contribution in [0.2, 0.25) is 0 Å². The second kappa shape index (κ2) is 3.91. The van der Waals surface area contributed by atoms with Crippen LogP contribution >= 0.6 is 11.8 Å². The third-order valence-electron chi connectivity index (χ3n) is 2.58. The molecule has 1 unspecified atom stereocenters. The van der Waals surface area contributed by atoms with E-state index in [1.807, 2.05) is 6.07 Å². The number of hydrogen-bond acceptors (Lipinski definition) is 2. The second-order valence-electron chi connectivity index (χ2n) is 3.68. The first-order valence-electron chi connectivity index (χ1n) is 4.75. The fourth-order valence-corrected chi connectivity index (χ4v) is 2.85. The first-order chi connectivity index (χ1) is 6.68. The van der Waals surface area contributed by atoms with Crippen LogP contribution in [0.15, 0.2) is 18.2 Å². The van der Waals surface area contributed by atoms with E-state index in [4.69, 9.17) is 0 Å². The first-order valence-corrected chi connectivity index (χ1v) is 5.80. The van der Waals surface area contributed by atoms with Gasteiger partial charge in [-0.1, -0.05) is 19.1 Å². The Morgan fingerprint density at radius 3 is 3.07 bits per heavy atom. The van der Waals surface area contributed by atoms with E-state index in [1.165, 1.54) is 6.07 Å². The summed E-state index contributed by atoms with van der Waals surface area (Å²) in [7, 11) is 0. The second-order valence-corrected chi connectivity index (χ2v) is 5.11. The van der Waals surface area contributed by atoms with Crippen LogP contribution in [0, 0.1) is 5.82 Å². The standard InChI is InChI=1S/C11H13FOS/c1-7-5-11(13)8-3-2-4-10(12)9(8)6-14-7/h2-4,7,11,13H,5-6H2,1H3/t7?,11-/m1/s1. The Balaban J connectivity index is 2.43. The monoisotopic (exact) mass is 212 g/mol. The molecule has 2 atom stereocenters. The van der Waals surface area contributed by atoms with Crippen LogP contribution in [-0.4, -0.2) is 10.4 Å². The SMILES string of the molecule is CC1C[C@@H](O)c2cccc(F)c2CS1. The van der Waals surface area contributed by atoms with Gasteiger partial charge in [0.15, 0.2) is 0 Å². The number of hydrogen-bond donors (Lipinski definition) is 1. The molecule has 1 aromatic carbocycles. The molecule has 0 amide bonds. The van der Waals surface area contributed by atoms with Crippen LogP contribution in [0.4, 0.5) is 4.39 Å². The molecule has 0 saturated heterocycles. The Bertz CT molecular complexity index is 340. The highest BCUT2D eigenvalue weighted by atomic mass is 32.2. The van der Waals surface area contributed by atoms with E-state index in [0.29, 0.717) is 23.0 Å². The molecule has 0 bridgehead atoms. The molecular formula is C11H13FOS. The molecule has 3 heteroatoms. The van der Waals surface area contributed by atoms with Crippen LogP contribution in [-0.2, 0) is 5.75 Å². The average molecular weight is 212 g/mol. The van der Waals surface area contributed by atoms with E-state index in [2.05, 4.69) is 6.92 Å². The van der Waals surface area contributed by atoms with Crippen molar-refractivity contribution in [2.75, 3.05) is 0 Å². The van der Waals surface area contributed by atoms with Crippen molar-refractivity contribution in [2.24, 2.45) is 0 Å². The van der Waals surface area contributed by atoms with Crippen molar-refractivity contribution in [1.29, 1.82) is 0 Å². The minimum Gasteiger partial charge on any atom is -0.388 e. The minimum absolute atomic E-state index is 0.192. The maximum absolute atomic E-state index is 13.4. The van der Waals surface area contributed by atoms with E-state index in [-0.39, 0.29) is 5.82 Å². The Morgan fingerprint density at radius 2 is 2.29 bits per heavy atom. The predicted octanol–water partition coefficient (Wildman–Crippen LogP) is 2.88. The van der Waals surface area contributed by atoms with E-state index < -0.39 is 6.10 Å². The summed E-state index contributed by atoms with van der Waals surface area (Å²) in [4.78, 5) is 0. The molecule has 0 aliphatic carbocycles. The maximum Gasteiger partial charge on any atom is 0.127 e. The maximum atomic E-state index is 13.4. The fraction of sp³-hybridized carbons (Fsp3) is 0.455. The first kappa shape index (κ1) is 9.99. The van der Waals surface area contributed by atoms with Crippen LogP contribution in [0.25, 0.3) is 0 Å². The van der Waals surface area contributed by atoms with Crippen molar-refractivity contribution < 1.29 is 9.50 Å². The summed E-state index contributed by atoms with van der Waals surface area (Å²) in [5.41, 5.74) is 1.44. The van der Waals surface area contributed by atoms with Gasteiger partial charge in [-0.05, 0) is 18.1 Å². The third-order valence-corrected chi connectivity index (χ3v) is 3.80.